The number of rotatable bonds is 6. The molecule has 0 bridgehead atoms. The number of carbonyl (C=O) groups excluding carboxylic acids is 2. The number of amides is 1. The number of aliphatic imine (C=N–C) groups is 1. The lowest BCUT2D eigenvalue weighted by atomic mass is 10.2. The molecule has 1 fully saturated rings. The van der Waals surface area contributed by atoms with Gasteiger partial charge in [0, 0.05) is 17.7 Å². The van der Waals surface area contributed by atoms with E-state index in [1.54, 1.807) is 22.1 Å². The zero-order valence-electron chi connectivity index (χ0n) is 17.2. The van der Waals surface area contributed by atoms with Crippen LogP contribution in [0.2, 0.25) is 0 Å². The largest absolute Gasteiger partial charge is 0.443 e. The van der Waals surface area contributed by atoms with Crippen LogP contribution in [-0.4, -0.2) is 52.5 Å². The predicted molar refractivity (Wildman–Crippen MR) is 115 cm³/mol. The molecule has 0 atom stereocenters. The number of allylic oxidation sites excluding steroid dienone is 2. The first-order valence-electron chi connectivity index (χ1n) is 9.46. The van der Waals surface area contributed by atoms with E-state index < -0.39 is 11.7 Å². The standard InChI is InChI=1S/C21H23N5O3S/c1-14(12-27)11-24-25-13-23-17(18-8-7-16(10-22)30-18)9-19(25)26(15-5-6-15)20(28)29-21(2,3)4/h7-9,11-12,15H,1,5-6,13H2,2-4H3/b24-11-. The number of carbonyl (C=O) groups is 2. The number of hydrogen-bond donors (Lipinski definition) is 0. The summed E-state index contributed by atoms with van der Waals surface area (Å²) in [6, 6.07) is 5.70. The van der Waals surface area contributed by atoms with Crippen LogP contribution >= 0.6 is 11.3 Å². The summed E-state index contributed by atoms with van der Waals surface area (Å²) in [5.41, 5.74) is 0.216. The zero-order chi connectivity index (χ0) is 21.9. The first-order chi connectivity index (χ1) is 14.2. The number of hydrazone groups is 1. The van der Waals surface area contributed by atoms with E-state index in [1.165, 1.54) is 17.6 Å². The van der Waals surface area contributed by atoms with Gasteiger partial charge >= 0.3 is 6.09 Å². The number of nitriles is 1. The van der Waals surface area contributed by atoms with E-state index in [9.17, 15) is 9.59 Å². The molecular weight excluding hydrogens is 402 g/mol. The van der Waals surface area contributed by atoms with Crippen LogP contribution in [0.25, 0.3) is 0 Å². The van der Waals surface area contributed by atoms with Gasteiger partial charge in [0.05, 0.1) is 16.8 Å². The molecule has 1 amide bonds. The van der Waals surface area contributed by atoms with Crippen LogP contribution in [0.5, 0.6) is 0 Å². The van der Waals surface area contributed by atoms with Gasteiger partial charge < -0.3 is 4.74 Å². The molecule has 0 spiro atoms. The van der Waals surface area contributed by atoms with Crippen molar-refractivity contribution >= 4 is 35.6 Å². The van der Waals surface area contributed by atoms with E-state index in [4.69, 9.17) is 10.00 Å². The van der Waals surface area contributed by atoms with E-state index in [-0.39, 0.29) is 18.3 Å². The van der Waals surface area contributed by atoms with Crippen LogP contribution in [0.4, 0.5) is 4.79 Å². The van der Waals surface area contributed by atoms with E-state index in [0.717, 1.165) is 17.7 Å². The summed E-state index contributed by atoms with van der Waals surface area (Å²) in [5, 5.41) is 14.9. The fourth-order valence-electron chi connectivity index (χ4n) is 2.68. The molecule has 1 aromatic heterocycles. The molecule has 156 valence electrons. The van der Waals surface area contributed by atoms with Crippen molar-refractivity contribution in [3.05, 3.63) is 45.9 Å². The predicted octanol–water partition coefficient (Wildman–Crippen LogP) is 3.66. The van der Waals surface area contributed by atoms with E-state index >= 15 is 0 Å². The number of ether oxygens (including phenoxy) is 1. The average Bonchev–Trinajstić information content (AvgIpc) is 3.40. The molecule has 1 aliphatic heterocycles. The quantitative estimate of drug-likeness (QED) is 0.393. The third-order valence-electron chi connectivity index (χ3n) is 4.14. The fraction of sp³-hybridized carbons (Fsp3) is 0.381. The molecule has 0 aromatic carbocycles. The molecule has 9 heteroatoms. The maximum absolute atomic E-state index is 13.0. The molecule has 0 saturated heterocycles. The van der Waals surface area contributed by atoms with Crippen molar-refractivity contribution in [1.82, 2.24) is 9.91 Å². The highest BCUT2D eigenvalue weighted by Crippen LogP contribution is 2.34. The summed E-state index contributed by atoms with van der Waals surface area (Å²) in [6.07, 6.45) is 4.96. The minimum atomic E-state index is -0.647. The summed E-state index contributed by atoms with van der Waals surface area (Å²) in [5.74, 6) is 0.513. The van der Waals surface area contributed by atoms with Gasteiger partial charge in [0.25, 0.3) is 0 Å². The van der Waals surface area contributed by atoms with Gasteiger partial charge in [0.15, 0.2) is 6.29 Å². The second-order valence-electron chi connectivity index (χ2n) is 7.88. The lowest BCUT2D eigenvalue weighted by Gasteiger charge is -2.34. The van der Waals surface area contributed by atoms with Gasteiger partial charge in [-0.15, -0.1) is 11.3 Å². The molecule has 2 heterocycles. The minimum Gasteiger partial charge on any atom is -0.443 e. The first-order valence-corrected chi connectivity index (χ1v) is 10.3. The van der Waals surface area contributed by atoms with Gasteiger partial charge in [-0.3, -0.25) is 14.7 Å². The fourth-order valence-corrected chi connectivity index (χ4v) is 3.46. The Bertz CT molecular complexity index is 989. The normalized spacial score (nSPS) is 16.5. The van der Waals surface area contributed by atoms with E-state index in [0.29, 0.717) is 22.7 Å². The summed E-state index contributed by atoms with van der Waals surface area (Å²) in [7, 11) is 0. The van der Waals surface area contributed by atoms with Gasteiger partial charge in [0.2, 0.25) is 0 Å². The Balaban J connectivity index is 1.98. The molecule has 2 aliphatic rings. The number of hydrogen-bond acceptors (Lipinski definition) is 8. The molecule has 0 unspecified atom stereocenters. The molecule has 3 rings (SSSR count). The third kappa shape index (κ3) is 5.21. The highest BCUT2D eigenvalue weighted by Gasteiger charge is 2.40. The molecule has 30 heavy (non-hydrogen) atoms. The number of nitrogens with zero attached hydrogens (tertiary/aromatic N) is 5. The number of aldehydes is 1. The number of thiophene rings is 1. The second-order valence-corrected chi connectivity index (χ2v) is 8.97. The van der Waals surface area contributed by atoms with Gasteiger partial charge in [-0.1, -0.05) is 6.58 Å². The Morgan fingerprint density at radius 2 is 2.20 bits per heavy atom. The van der Waals surface area contributed by atoms with E-state index in [1.807, 2.05) is 26.8 Å². The van der Waals surface area contributed by atoms with Crippen LogP contribution in [0.15, 0.2) is 46.3 Å². The van der Waals surface area contributed by atoms with Gasteiger partial charge in [0.1, 0.15) is 29.0 Å². The summed E-state index contributed by atoms with van der Waals surface area (Å²) >= 11 is 1.33. The van der Waals surface area contributed by atoms with Crippen LogP contribution in [0.3, 0.4) is 0 Å². The molecule has 8 nitrogen and oxygen atoms in total. The lowest BCUT2D eigenvalue weighted by molar-refractivity contribution is -0.104. The van der Waals surface area contributed by atoms with Crippen LogP contribution in [0, 0.1) is 11.3 Å². The monoisotopic (exact) mass is 425 g/mol. The lowest BCUT2D eigenvalue weighted by Crippen LogP contribution is -2.43. The Kier molecular flexibility index (Phi) is 6.17. The Labute approximate surface area is 179 Å². The highest BCUT2D eigenvalue weighted by molar-refractivity contribution is 7.14. The smallest absolute Gasteiger partial charge is 0.416 e. The average molecular weight is 426 g/mol. The van der Waals surface area contributed by atoms with Gasteiger partial charge in [-0.2, -0.15) is 10.4 Å². The molecule has 1 aliphatic carbocycles. The highest BCUT2D eigenvalue weighted by atomic mass is 32.1. The maximum Gasteiger partial charge on any atom is 0.416 e. The SMILES string of the molecule is C=C(C=O)/C=N\N1CN=C(c2ccc(C#N)s2)C=C1N(C(=O)OC(C)(C)C)C1CC1. The summed E-state index contributed by atoms with van der Waals surface area (Å²) < 4.78 is 5.63. The van der Waals surface area contributed by atoms with Gasteiger partial charge in [-0.25, -0.2) is 9.80 Å². The third-order valence-corrected chi connectivity index (χ3v) is 5.15. The molecule has 1 saturated carbocycles. The van der Waals surface area contributed by atoms with Crippen molar-refractivity contribution in [2.45, 2.75) is 45.3 Å². The van der Waals surface area contributed by atoms with Crippen molar-refractivity contribution < 1.29 is 14.3 Å². The van der Waals surface area contributed by atoms with Crippen molar-refractivity contribution in [1.29, 1.82) is 5.26 Å². The molecule has 0 radical (unpaired) electrons. The van der Waals surface area contributed by atoms with Crippen molar-refractivity contribution in [3.8, 4) is 6.07 Å². The van der Waals surface area contributed by atoms with Crippen LogP contribution in [0.1, 0.15) is 43.4 Å². The van der Waals surface area contributed by atoms with Gasteiger partial charge in [-0.05, 0) is 45.7 Å². The van der Waals surface area contributed by atoms with E-state index in [2.05, 4.69) is 22.7 Å². The molecular formula is C21H23N5O3S. The van der Waals surface area contributed by atoms with Crippen molar-refractivity contribution in [2.75, 3.05) is 6.67 Å². The van der Waals surface area contributed by atoms with Crippen LogP contribution in [-0.2, 0) is 9.53 Å². The minimum absolute atomic E-state index is 0.00966. The van der Waals surface area contributed by atoms with Crippen molar-refractivity contribution in [3.63, 3.8) is 0 Å². The Morgan fingerprint density at radius 3 is 2.77 bits per heavy atom. The Morgan fingerprint density at radius 1 is 1.47 bits per heavy atom. The topological polar surface area (TPSA) is 98.4 Å². The van der Waals surface area contributed by atoms with Crippen molar-refractivity contribution in [2.24, 2.45) is 10.1 Å². The van der Waals surface area contributed by atoms with Crippen LogP contribution < -0.4 is 0 Å². The first kappa shape index (κ1) is 21.5. The molecule has 1 aromatic rings. The second kappa shape index (κ2) is 8.63. The molecule has 0 N–H and O–H groups in total. The maximum atomic E-state index is 13.0. The Hall–Kier alpha value is -3.25. The summed E-state index contributed by atoms with van der Waals surface area (Å²) in [6.45, 7) is 9.20. The zero-order valence-corrected chi connectivity index (χ0v) is 18.0. The summed E-state index contributed by atoms with van der Waals surface area (Å²) in [4.78, 5) is 31.4.